The van der Waals surface area contributed by atoms with Crippen molar-refractivity contribution in [3.63, 3.8) is 0 Å². The number of anilines is 1. The highest BCUT2D eigenvalue weighted by molar-refractivity contribution is 6.99. The van der Waals surface area contributed by atoms with Crippen molar-refractivity contribution in [3.05, 3.63) is 82.1 Å². The van der Waals surface area contributed by atoms with Crippen LogP contribution in [0, 0.1) is 23.1 Å². The van der Waals surface area contributed by atoms with Crippen LogP contribution in [0.5, 0.6) is 0 Å². The Kier molecular flexibility index (Phi) is 9.07. The van der Waals surface area contributed by atoms with Crippen molar-refractivity contribution in [2.45, 2.75) is 51.1 Å². The molecule has 0 N–H and O–H groups in total. The van der Waals surface area contributed by atoms with Gasteiger partial charge in [0, 0.05) is 12.5 Å². The van der Waals surface area contributed by atoms with E-state index >= 15 is 4.39 Å². The molecule has 218 valence electrons. The number of pyridine rings is 1. The van der Waals surface area contributed by atoms with Gasteiger partial charge in [-0.05, 0) is 46.3 Å². The van der Waals surface area contributed by atoms with E-state index in [-0.39, 0.29) is 43.5 Å². The Hall–Kier alpha value is -2.80. The SMILES string of the molecule is CC(C)(C)[Si](OC[C@@H]1C[C@H](C#N)CCCN1c1nc(Cl)nc2c(F)c(Cl)nc(Cl)c12)(c1ccccc1)c1ccccc1. The minimum Gasteiger partial charge on any atom is -0.405 e. The number of hydrogen-bond acceptors (Lipinski definition) is 6. The molecule has 0 aliphatic carbocycles. The summed E-state index contributed by atoms with van der Waals surface area (Å²) in [4.78, 5) is 14.6. The van der Waals surface area contributed by atoms with Crippen molar-refractivity contribution in [1.82, 2.24) is 15.0 Å². The summed E-state index contributed by atoms with van der Waals surface area (Å²) in [5.74, 6) is -0.648. The van der Waals surface area contributed by atoms with Crippen molar-refractivity contribution in [3.8, 4) is 6.07 Å². The Morgan fingerprint density at radius 2 is 1.60 bits per heavy atom. The molecule has 4 aromatic rings. The average Bonchev–Trinajstić information content (AvgIpc) is 3.18. The number of fused-ring (bicyclic) bond motifs is 1. The van der Waals surface area contributed by atoms with Gasteiger partial charge >= 0.3 is 0 Å². The highest BCUT2D eigenvalue weighted by Crippen LogP contribution is 2.40. The molecule has 5 rings (SSSR count). The van der Waals surface area contributed by atoms with E-state index in [2.05, 4.69) is 66.1 Å². The number of halogens is 4. The van der Waals surface area contributed by atoms with Gasteiger partial charge in [0.25, 0.3) is 8.32 Å². The van der Waals surface area contributed by atoms with Crippen molar-refractivity contribution in [2.75, 3.05) is 18.1 Å². The number of hydrogen-bond donors (Lipinski definition) is 0. The number of nitrogens with zero attached hydrogens (tertiary/aromatic N) is 5. The summed E-state index contributed by atoms with van der Waals surface area (Å²) >= 11 is 18.9. The van der Waals surface area contributed by atoms with Gasteiger partial charge < -0.3 is 9.33 Å². The van der Waals surface area contributed by atoms with Gasteiger partial charge in [-0.3, -0.25) is 0 Å². The van der Waals surface area contributed by atoms with Crippen molar-refractivity contribution < 1.29 is 8.82 Å². The second kappa shape index (κ2) is 12.4. The third kappa shape index (κ3) is 5.73. The lowest BCUT2D eigenvalue weighted by atomic mass is 9.99. The molecule has 2 aromatic heterocycles. The van der Waals surface area contributed by atoms with Crippen LogP contribution in [-0.4, -0.2) is 42.5 Å². The smallest absolute Gasteiger partial charge is 0.261 e. The van der Waals surface area contributed by atoms with Gasteiger partial charge in [-0.25, -0.2) is 14.4 Å². The summed E-state index contributed by atoms with van der Waals surface area (Å²) in [5.41, 5.74) is -0.0947. The quantitative estimate of drug-likeness (QED) is 0.126. The van der Waals surface area contributed by atoms with E-state index in [1.807, 2.05) is 41.3 Å². The Bertz CT molecular complexity index is 1580. The maximum atomic E-state index is 15.1. The average molecular weight is 643 g/mol. The molecule has 11 heteroatoms. The zero-order valence-electron chi connectivity index (χ0n) is 23.6. The summed E-state index contributed by atoms with van der Waals surface area (Å²) in [5, 5.41) is 11.7. The first kappa shape index (κ1) is 30.6. The molecule has 1 saturated heterocycles. The van der Waals surface area contributed by atoms with Crippen LogP contribution >= 0.6 is 34.8 Å². The zero-order chi connectivity index (χ0) is 30.1. The van der Waals surface area contributed by atoms with Crippen LogP contribution in [0.1, 0.15) is 40.0 Å². The second-order valence-corrected chi connectivity index (χ2v) is 16.9. The normalized spacial score (nSPS) is 18.1. The van der Waals surface area contributed by atoms with Crippen molar-refractivity contribution in [1.29, 1.82) is 5.26 Å². The van der Waals surface area contributed by atoms with Crippen LogP contribution in [0.25, 0.3) is 10.9 Å². The van der Waals surface area contributed by atoms with E-state index in [9.17, 15) is 5.26 Å². The summed E-state index contributed by atoms with van der Waals surface area (Å²) in [6, 6.07) is 22.9. The maximum absolute atomic E-state index is 15.1. The zero-order valence-corrected chi connectivity index (χ0v) is 26.9. The molecular weight excluding hydrogens is 612 g/mol. The van der Waals surface area contributed by atoms with E-state index in [1.165, 1.54) is 0 Å². The highest BCUT2D eigenvalue weighted by Gasteiger charge is 2.50. The fourth-order valence-electron chi connectivity index (χ4n) is 6.07. The van der Waals surface area contributed by atoms with Gasteiger partial charge in [0.2, 0.25) is 5.28 Å². The van der Waals surface area contributed by atoms with Crippen LogP contribution in [0.2, 0.25) is 20.6 Å². The maximum Gasteiger partial charge on any atom is 0.261 e. The minimum atomic E-state index is -2.89. The molecule has 0 amide bonds. The van der Waals surface area contributed by atoms with E-state index in [0.717, 1.165) is 16.8 Å². The molecule has 1 aliphatic heterocycles. The van der Waals surface area contributed by atoms with Crippen LogP contribution in [0.4, 0.5) is 10.2 Å². The molecular formula is C31H31Cl3FN5OSi. The summed E-state index contributed by atoms with van der Waals surface area (Å²) in [6.45, 7) is 7.50. The molecule has 2 aromatic carbocycles. The molecule has 42 heavy (non-hydrogen) atoms. The van der Waals surface area contributed by atoms with Crippen LogP contribution in [0.15, 0.2) is 60.7 Å². The summed E-state index contributed by atoms with van der Waals surface area (Å²) in [6.07, 6.45) is 1.96. The second-order valence-electron chi connectivity index (χ2n) is 11.6. The van der Waals surface area contributed by atoms with Gasteiger partial charge in [-0.1, -0.05) is 105 Å². The van der Waals surface area contributed by atoms with Crippen LogP contribution in [-0.2, 0) is 4.43 Å². The molecule has 0 spiro atoms. The fraction of sp³-hybridized carbons (Fsp3) is 0.355. The number of aromatic nitrogens is 3. The Morgan fingerprint density at radius 3 is 2.17 bits per heavy atom. The number of rotatable bonds is 6. The first-order chi connectivity index (χ1) is 20.1. The lowest BCUT2D eigenvalue weighted by molar-refractivity contribution is 0.255. The van der Waals surface area contributed by atoms with Crippen LogP contribution < -0.4 is 15.3 Å². The first-order valence-electron chi connectivity index (χ1n) is 13.9. The Labute approximate surface area is 261 Å². The molecule has 1 fully saturated rings. The van der Waals surface area contributed by atoms with Crippen molar-refractivity contribution >= 4 is 70.2 Å². The van der Waals surface area contributed by atoms with Crippen molar-refractivity contribution in [2.24, 2.45) is 5.92 Å². The minimum absolute atomic E-state index is 0.0178. The molecule has 3 heterocycles. The fourth-order valence-corrected chi connectivity index (χ4v) is 11.3. The van der Waals surface area contributed by atoms with Gasteiger partial charge in [-0.2, -0.15) is 10.2 Å². The van der Waals surface area contributed by atoms with E-state index in [4.69, 9.17) is 39.2 Å². The predicted octanol–water partition coefficient (Wildman–Crippen LogP) is 7.20. The van der Waals surface area contributed by atoms with E-state index in [1.54, 1.807) is 0 Å². The molecule has 2 atom stereocenters. The van der Waals surface area contributed by atoms with Crippen LogP contribution in [0.3, 0.4) is 0 Å². The third-order valence-electron chi connectivity index (χ3n) is 7.97. The van der Waals surface area contributed by atoms with Gasteiger partial charge in [0.05, 0.1) is 24.1 Å². The molecule has 6 nitrogen and oxygen atoms in total. The lowest BCUT2D eigenvalue weighted by Gasteiger charge is -2.44. The summed E-state index contributed by atoms with van der Waals surface area (Å²) < 4.78 is 22.4. The van der Waals surface area contributed by atoms with E-state index < -0.39 is 14.1 Å². The standard InChI is InChI=1S/C31H31Cl3FN5OSi/c1-31(2,3)42(22-12-6-4-7-13-22,23-14-8-5-9-15-23)41-19-21-17-20(18-36)11-10-16-40(21)29-24-26(37-30(34)39-29)25(35)28(33)38-27(24)32/h4-9,12-15,20-21H,10-11,16-17,19H2,1-3H3/t20-,21+/m1/s1. The molecule has 0 unspecified atom stereocenters. The lowest BCUT2D eigenvalue weighted by Crippen LogP contribution is -2.67. The highest BCUT2D eigenvalue weighted by atomic mass is 35.5. The third-order valence-corrected chi connectivity index (χ3v) is 13.7. The summed E-state index contributed by atoms with van der Waals surface area (Å²) in [7, 11) is -2.89. The molecule has 0 radical (unpaired) electrons. The monoisotopic (exact) mass is 641 g/mol. The van der Waals surface area contributed by atoms with Gasteiger partial charge in [0.1, 0.15) is 16.5 Å². The van der Waals surface area contributed by atoms with E-state index in [0.29, 0.717) is 31.8 Å². The first-order valence-corrected chi connectivity index (χ1v) is 16.9. The number of benzene rings is 2. The molecule has 1 aliphatic rings. The van der Waals surface area contributed by atoms with Gasteiger partial charge in [-0.15, -0.1) is 0 Å². The molecule has 0 saturated carbocycles. The molecule has 0 bridgehead atoms. The number of nitriles is 1. The Balaban J connectivity index is 1.65. The topological polar surface area (TPSA) is 74.9 Å². The Morgan fingerprint density at radius 1 is 0.976 bits per heavy atom. The van der Waals surface area contributed by atoms with Gasteiger partial charge in [0.15, 0.2) is 11.0 Å². The predicted molar refractivity (Wildman–Crippen MR) is 170 cm³/mol. The largest absolute Gasteiger partial charge is 0.405 e.